The third-order valence-electron chi connectivity index (χ3n) is 7.06. The molecule has 42 heavy (non-hydrogen) atoms. The summed E-state index contributed by atoms with van der Waals surface area (Å²) in [6.45, 7) is 1.96. The molecular formula is C33H30ClNO7. The molecular weight excluding hydrogens is 558 g/mol. The number of carbonyl (C=O) groups is 3. The van der Waals surface area contributed by atoms with Gasteiger partial charge in [-0.25, -0.2) is 9.59 Å². The Hall–Kier alpha value is -4.82. The number of aliphatic carboxylic acids is 1. The van der Waals surface area contributed by atoms with Crippen LogP contribution in [-0.2, 0) is 17.8 Å². The molecule has 0 saturated heterocycles. The molecule has 216 valence electrons. The maximum absolute atomic E-state index is 11.5. The zero-order valence-corrected chi connectivity index (χ0v) is 23.5. The van der Waals surface area contributed by atoms with Crippen molar-refractivity contribution in [2.75, 3.05) is 5.32 Å². The van der Waals surface area contributed by atoms with Crippen molar-refractivity contribution in [2.45, 2.75) is 38.3 Å². The molecule has 1 heterocycles. The van der Waals surface area contributed by atoms with Crippen LogP contribution in [-0.4, -0.2) is 39.3 Å². The number of aromatic carboxylic acids is 2. The van der Waals surface area contributed by atoms with Gasteiger partial charge in [0, 0.05) is 22.7 Å². The molecule has 9 heteroatoms. The van der Waals surface area contributed by atoms with E-state index < -0.39 is 17.9 Å². The van der Waals surface area contributed by atoms with E-state index in [-0.39, 0.29) is 35.1 Å². The fourth-order valence-electron chi connectivity index (χ4n) is 4.93. The Balaban J connectivity index is 0.000000262. The maximum Gasteiger partial charge on any atom is 0.335 e. The Labute approximate surface area is 248 Å². The molecule has 0 radical (unpaired) electrons. The molecule has 1 aliphatic rings. The molecule has 4 aromatic carbocycles. The monoisotopic (exact) mass is 587 g/mol. The molecule has 4 N–H and O–H groups in total. The van der Waals surface area contributed by atoms with E-state index in [2.05, 4.69) is 5.32 Å². The van der Waals surface area contributed by atoms with E-state index in [1.807, 2.05) is 72.8 Å². The normalized spacial score (nSPS) is 15.0. The van der Waals surface area contributed by atoms with Gasteiger partial charge in [-0.05, 0) is 78.1 Å². The third kappa shape index (κ3) is 7.67. The van der Waals surface area contributed by atoms with Crippen molar-refractivity contribution >= 4 is 35.2 Å². The molecule has 2 unspecified atom stereocenters. The number of hydrogen-bond donors (Lipinski definition) is 4. The second-order valence-corrected chi connectivity index (χ2v) is 10.3. The third-order valence-corrected chi connectivity index (χ3v) is 7.31. The average molecular weight is 588 g/mol. The molecule has 0 spiro atoms. The highest BCUT2D eigenvalue weighted by Gasteiger charge is 2.34. The summed E-state index contributed by atoms with van der Waals surface area (Å²) >= 11 is 5.98. The van der Waals surface area contributed by atoms with Gasteiger partial charge in [-0.2, -0.15) is 0 Å². The topological polar surface area (TPSA) is 133 Å². The largest absolute Gasteiger partial charge is 0.489 e. The number of halogens is 1. The van der Waals surface area contributed by atoms with E-state index in [9.17, 15) is 19.5 Å². The molecule has 1 aliphatic heterocycles. The lowest BCUT2D eigenvalue weighted by Gasteiger charge is -2.19. The van der Waals surface area contributed by atoms with Gasteiger partial charge < -0.3 is 25.4 Å². The first kappa shape index (κ1) is 30.1. The molecule has 0 aliphatic carbocycles. The van der Waals surface area contributed by atoms with Crippen LogP contribution in [0.25, 0.3) is 0 Å². The van der Waals surface area contributed by atoms with E-state index in [1.165, 1.54) is 25.1 Å². The van der Waals surface area contributed by atoms with Gasteiger partial charge >= 0.3 is 17.9 Å². The predicted octanol–water partition coefficient (Wildman–Crippen LogP) is 6.91. The van der Waals surface area contributed by atoms with Crippen LogP contribution in [0, 0.1) is 6.92 Å². The number of carboxylic acid groups (broad SMARTS) is 3. The van der Waals surface area contributed by atoms with E-state index in [1.54, 1.807) is 0 Å². The number of carboxylic acids is 3. The van der Waals surface area contributed by atoms with E-state index >= 15 is 0 Å². The standard InChI is InChI=1S/C24H22ClNO3.C9H8O4/c25-18-8-6-16(7-9-18)12-23-21(14-24(27)28)20-13-19(10-11-22(20)26-23)29-15-17-4-2-1-3-5-17;1-5-6(8(10)11)3-2-4-7(5)9(12)13/h1-11,13,21,23,26H,12,14-15H2,(H,27,28);2-4H,1H3,(H,10,11)(H,12,13). The summed E-state index contributed by atoms with van der Waals surface area (Å²) < 4.78 is 5.95. The molecule has 4 aromatic rings. The van der Waals surface area contributed by atoms with Gasteiger partial charge in [-0.15, -0.1) is 0 Å². The van der Waals surface area contributed by atoms with E-state index in [0.29, 0.717) is 11.6 Å². The lowest BCUT2D eigenvalue weighted by atomic mass is 9.88. The Morgan fingerprint density at radius 3 is 2.05 bits per heavy atom. The first-order valence-electron chi connectivity index (χ1n) is 13.2. The summed E-state index contributed by atoms with van der Waals surface area (Å²) in [5.74, 6) is -2.40. The van der Waals surface area contributed by atoms with Crippen molar-refractivity contribution in [3.8, 4) is 5.75 Å². The Bertz CT molecular complexity index is 1540. The quantitative estimate of drug-likeness (QED) is 0.166. The highest BCUT2D eigenvalue weighted by atomic mass is 35.5. The number of benzene rings is 4. The Kier molecular flexibility index (Phi) is 9.83. The number of rotatable bonds is 9. The molecule has 2 atom stereocenters. The molecule has 0 fully saturated rings. The number of hydrogen-bond acceptors (Lipinski definition) is 5. The highest BCUT2D eigenvalue weighted by molar-refractivity contribution is 6.30. The van der Waals surface area contributed by atoms with E-state index in [4.69, 9.17) is 26.6 Å². The van der Waals surface area contributed by atoms with Gasteiger partial charge in [0.25, 0.3) is 0 Å². The summed E-state index contributed by atoms with van der Waals surface area (Å²) in [6, 6.07) is 27.7. The summed E-state index contributed by atoms with van der Waals surface area (Å²) in [4.78, 5) is 32.7. The van der Waals surface area contributed by atoms with Crippen LogP contribution in [0.5, 0.6) is 5.75 Å². The van der Waals surface area contributed by atoms with Crippen LogP contribution < -0.4 is 10.1 Å². The second kappa shape index (κ2) is 13.7. The lowest BCUT2D eigenvalue weighted by molar-refractivity contribution is -0.137. The number of ether oxygens (including phenoxy) is 1. The van der Waals surface area contributed by atoms with Gasteiger partial charge in [-0.3, -0.25) is 4.79 Å². The number of anilines is 1. The molecule has 0 aromatic heterocycles. The fraction of sp³-hybridized carbons (Fsp3) is 0.182. The van der Waals surface area contributed by atoms with Crippen molar-refractivity contribution in [3.05, 3.63) is 129 Å². The minimum absolute atomic E-state index is 0.00616. The lowest BCUT2D eigenvalue weighted by Crippen LogP contribution is -2.25. The molecule has 0 saturated carbocycles. The molecule has 8 nitrogen and oxygen atoms in total. The average Bonchev–Trinajstić information content (AvgIpc) is 3.29. The smallest absolute Gasteiger partial charge is 0.335 e. The van der Waals surface area contributed by atoms with Crippen LogP contribution in [0.2, 0.25) is 5.02 Å². The summed E-state index contributed by atoms with van der Waals surface area (Å²) in [6.07, 6.45) is 0.796. The zero-order valence-electron chi connectivity index (χ0n) is 22.8. The molecule has 5 rings (SSSR count). The van der Waals surface area contributed by atoms with Crippen molar-refractivity contribution in [3.63, 3.8) is 0 Å². The van der Waals surface area contributed by atoms with Crippen molar-refractivity contribution in [1.29, 1.82) is 0 Å². The minimum Gasteiger partial charge on any atom is -0.489 e. The molecule has 0 amide bonds. The summed E-state index contributed by atoms with van der Waals surface area (Å²) in [7, 11) is 0. The van der Waals surface area contributed by atoms with Crippen LogP contribution in [0.15, 0.2) is 91.0 Å². The SMILES string of the molecule is Cc1c(C(=O)O)cccc1C(=O)O.O=C(O)CC1c2cc(OCc3ccccc3)ccc2NC1Cc1ccc(Cl)cc1. The Morgan fingerprint density at radius 1 is 0.810 bits per heavy atom. The van der Waals surface area contributed by atoms with Gasteiger partial charge in [0.05, 0.1) is 17.5 Å². The highest BCUT2D eigenvalue weighted by Crippen LogP contribution is 2.41. The second-order valence-electron chi connectivity index (χ2n) is 9.90. The van der Waals surface area contributed by atoms with Gasteiger partial charge in [0.1, 0.15) is 12.4 Å². The fourth-order valence-corrected chi connectivity index (χ4v) is 5.06. The number of nitrogens with one attached hydrogen (secondary N) is 1. The van der Waals surface area contributed by atoms with Crippen LogP contribution in [0.3, 0.4) is 0 Å². The number of fused-ring (bicyclic) bond motifs is 1. The van der Waals surface area contributed by atoms with Crippen molar-refractivity contribution in [1.82, 2.24) is 0 Å². The van der Waals surface area contributed by atoms with Crippen LogP contribution in [0.1, 0.15) is 55.3 Å². The first-order chi connectivity index (χ1) is 20.1. The predicted molar refractivity (Wildman–Crippen MR) is 160 cm³/mol. The van der Waals surface area contributed by atoms with Gasteiger partial charge in [-0.1, -0.05) is 60.1 Å². The zero-order chi connectivity index (χ0) is 30.2. The van der Waals surface area contributed by atoms with Gasteiger partial charge in [0.2, 0.25) is 0 Å². The van der Waals surface area contributed by atoms with Gasteiger partial charge in [0.15, 0.2) is 0 Å². The van der Waals surface area contributed by atoms with Crippen molar-refractivity contribution in [2.24, 2.45) is 0 Å². The van der Waals surface area contributed by atoms with E-state index in [0.717, 1.165) is 34.5 Å². The van der Waals surface area contributed by atoms with Crippen LogP contribution in [0.4, 0.5) is 5.69 Å². The van der Waals surface area contributed by atoms with Crippen LogP contribution >= 0.6 is 11.6 Å². The summed E-state index contributed by atoms with van der Waals surface area (Å²) in [5, 5.41) is 31.0. The maximum atomic E-state index is 11.5. The Morgan fingerprint density at radius 2 is 1.45 bits per heavy atom. The summed E-state index contributed by atoms with van der Waals surface area (Å²) in [5.41, 5.74) is 4.52. The first-order valence-corrected chi connectivity index (χ1v) is 13.6. The van der Waals surface area contributed by atoms with Crippen molar-refractivity contribution < 1.29 is 34.4 Å². The molecule has 0 bridgehead atoms. The minimum atomic E-state index is -1.11.